The minimum atomic E-state index is 0.956. The van der Waals surface area contributed by atoms with Crippen LogP contribution in [0.4, 0.5) is 0 Å². The number of nitrogens with zero attached hydrogens (tertiary/aromatic N) is 2. The number of hydrogen-bond acceptors (Lipinski definition) is 1. The molecule has 2 heteroatoms. The molecule has 0 aliphatic rings. The van der Waals surface area contributed by atoms with Gasteiger partial charge in [0.25, 0.3) is 0 Å². The second kappa shape index (κ2) is 3.05. The zero-order valence-corrected chi connectivity index (χ0v) is 7.78. The second-order valence-electron chi connectivity index (χ2n) is 3.24. The summed E-state index contributed by atoms with van der Waals surface area (Å²) in [6.07, 6.45) is 0. The van der Waals surface area contributed by atoms with Crippen LogP contribution in [0.15, 0.2) is 30.3 Å². The molecule has 0 bridgehead atoms. The van der Waals surface area contributed by atoms with Gasteiger partial charge in [-0.3, -0.25) is 0 Å². The average Bonchev–Trinajstić information content (AvgIpc) is 2.53. The van der Waals surface area contributed by atoms with Crippen LogP contribution >= 0.6 is 0 Å². The van der Waals surface area contributed by atoms with Crippen LogP contribution in [0, 0.1) is 13.8 Å². The molecular formula is C11H11N2-. The average molecular weight is 171 g/mol. The van der Waals surface area contributed by atoms with Gasteiger partial charge in [-0.2, -0.15) is 0 Å². The van der Waals surface area contributed by atoms with Crippen molar-refractivity contribution in [3.8, 4) is 11.3 Å². The maximum Gasteiger partial charge on any atom is 0.0134 e. The van der Waals surface area contributed by atoms with Crippen LogP contribution in [0.2, 0.25) is 0 Å². The maximum atomic E-state index is 4.07. The SMILES string of the molecule is Cc1ccc(-c2cc(C)n[n-]2)cc1. The lowest BCUT2D eigenvalue weighted by atomic mass is 10.1. The van der Waals surface area contributed by atoms with Crippen molar-refractivity contribution in [2.75, 3.05) is 0 Å². The molecule has 0 aliphatic heterocycles. The summed E-state index contributed by atoms with van der Waals surface area (Å²) >= 11 is 0. The van der Waals surface area contributed by atoms with E-state index in [4.69, 9.17) is 0 Å². The molecule has 0 saturated heterocycles. The molecule has 0 atom stereocenters. The van der Waals surface area contributed by atoms with Gasteiger partial charge in [0.15, 0.2) is 0 Å². The summed E-state index contributed by atoms with van der Waals surface area (Å²) < 4.78 is 0. The van der Waals surface area contributed by atoms with Crippen LogP contribution in [-0.4, -0.2) is 5.10 Å². The van der Waals surface area contributed by atoms with Gasteiger partial charge in [0.05, 0.1) is 0 Å². The molecule has 0 N–H and O–H groups in total. The van der Waals surface area contributed by atoms with E-state index < -0.39 is 0 Å². The third kappa shape index (κ3) is 1.61. The van der Waals surface area contributed by atoms with Crippen molar-refractivity contribution in [2.45, 2.75) is 13.8 Å². The molecule has 0 aliphatic carbocycles. The zero-order valence-electron chi connectivity index (χ0n) is 7.78. The topological polar surface area (TPSA) is 27.0 Å². The summed E-state index contributed by atoms with van der Waals surface area (Å²) in [5.74, 6) is 0. The number of aryl methyl sites for hydroxylation is 2. The van der Waals surface area contributed by atoms with Crippen LogP contribution in [0.1, 0.15) is 11.3 Å². The summed E-state index contributed by atoms with van der Waals surface area (Å²) in [7, 11) is 0. The Morgan fingerprint density at radius 2 is 1.77 bits per heavy atom. The fourth-order valence-corrected chi connectivity index (χ4v) is 1.25. The van der Waals surface area contributed by atoms with E-state index in [2.05, 4.69) is 41.4 Å². The summed E-state index contributed by atoms with van der Waals surface area (Å²) in [5.41, 5.74) is 4.32. The number of aromatic nitrogens is 2. The first kappa shape index (κ1) is 8.05. The molecule has 66 valence electrons. The quantitative estimate of drug-likeness (QED) is 0.658. The van der Waals surface area contributed by atoms with Crippen molar-refractivity contribution < 1.29 is 0 Å². The lowest BCUT2D eigenvalue weighted by Crippen LogP contribution is -1.80. The largest absolute Gasteiger partial charge is 0.575 e. The van der Waals surface area contributed by atoms with Gasteiger partial charge in [0.2, 0.25) is 0 Å². The van der Waals surface area contributed by atoms with Crippen molar-refractivity contribution in [1.29, 1.82) is 0 Å². The highest BCUT2D eigenvalue weighted by atomic mass is 15.1. The van der Waals surface area contributed by atoms with Crippen LogP contribution in [0.3, 0.4) is 0 Å². The van der Waals surface area contributed by atoms with Gasteiger partial charge in [-0.05, 0) is 19.4 Å². The van der Waals surface area contributed by atoms with Gasteiger partial charge in [-0.1, -0.05) is 35.9 Å². The van der Waals surface area contributed by atoms with Gasteiger partial charge >= 0.3 is 0 Å². The minimum Gasteiger partial charge on any atom is -0.575 e. The van der Waals surface area contributed by atoms with E-state index in [1.807, 2.05) is 13.0 Å². The summed E-state index contributed by atoms with van der Waals surface area (Å²) in [6, 6.07) is 10.3. The Balaban J connectivity index is 2.41. The molecule has 0 unspecified atom stereocenters. The smallest absolute Gasteiger partial charge is 0.0134 e. The van der Waals surface area contributed by atoms with Crippen molar-refractivity contribution in [3.63, 3.8) is 0 Å². The van der Waals surface area contributed by atoms with Crippen LogP contribution in [0.25, 0.3) is 11.3 Å². The van der Waals surface area contributed by atoms with Crippen LogP contribution in [0.5, 0.6) is 0 Å². The molecule has 0 radical (unpaired) electrons. The molecule has 2 rings (SSSR count). The Bertz CT molecular complexity index is 398. The Hall–Kier alpha value is -1.57. The third-order valence-electron chi connectivity index (χ3n) is 2.01. The zero-order chi connectivity index (χ0) is 9.26. The number of hydrogen-bond donors (Lipinski definition) is 0. The maximum absolute atomic E-state index is 4.07. The Morgan fingerprint density at radius 1 is 1.08 bits per heavy atom. The lowest BCUT2D eigenvalue weighted by molar-refractivity contribution is 1.02. The highest BCUT2D eigenvalue weighted by Gasteiger charge is 1.91. The Morgan fingerprint density at radius 3 is 2.31 bits per heavy atom. The minimum absolute atomic E-state index is 0.956. The van der Waals surface area contributed by atoms with E-state index in [9.17, 15) is 0 Å². The lowest BCUT2D eigenvalue weighted by Gasteiger charge is -2.04. The van der Waals surface area contributed by atoms with E-state index in [1.165, 1.54) is 5.56 Å². The van der Waals surface area contributed by atoms with Crippen molar-refractivity contribution in [2.24, 2.45) is 0 Å². The van der Waals surface area contributed by atoms with Gasteiger partial charge < -0.3 is 10.2 Å². The summed E-state index contributed by atoms with van der Waals surface area (Å²) in [6.45, 7) is 4.02. The molecular weight excluding hydrogens is 160 g/mol. The molecule has 1 heterocycles. The Labute approximate surface area is 77.6 Å². The number of rotatable bonds is 1. The second-order valence-corrected chi connectivity index (χ2v) is 3.24. The van der Waals surface area contributed by atoms with Crippen LogP contribution < -0.4 is 5.10 Å². The monoisotopic (exact) mass is 171 g/mol. The van der Waals surface area contributed by atoms with E-state index >= 15 is 0 Å². The summed E-state index contributed by atoms with van der Waals surface area (Å²) in [5, 5.41) is 8.03. The molecule has 13 heavy (non-hydrogen) atoms. The highest BCUT2D eigenvalue weighted by molar-refractivity contribution is 5.59. The third-order valence-corrected chi connectivity index (χ3v) is 2.01. The molecule has 0 amide bonds. The van der Waals surface area contributed by atoms with Gasteiger partial charge in [0, 0.05) is 5.69 Å². The van der Waals surface area contributed by atoms with Crippen LogP contribution in [-0.2, 0) is 0 Å². The molecule has 0 fully saturated rings. The van der Waals surface area contributed by atoms with Gasteiger partial charge in [-0.25, -0.2) is 0 Å². The fourth-order valence-electron chi connectivity index (χ4n) is 1.25. The predicted octanol–water partition coefficient (Wildman–Crippen LogP) is 2.32. The highest BCUT2D eigenvalue weighted by Crippen LogP contribution is 2.16. The standard InChI is InChI=1S/C11H11N2/c1-8-3-5-10(6-4-8)11-7-9(2)12-13-11/h3-7H,1-2H3/q-1. The molecule has 1 aromatic carbocycles. The predicted molar refractivity (Wildman–Crippen MR) is 52.5 cm³/mol. The Kier molecular flexibility index (Phi) is 1.89. The van der Waals surface area contributed by atoms with Crippen molar-refractivity contribution in [1.82, 2.24) is 10.2 Å². The molecule has 0 saturated carbocycles. The van der Waals surface area contributed by atoms with E-state index in [-0.39, 0.29) is 0 Å². The number of benzene rings is 1. The molecule has 2 nitrogen and oxygen atoms in total. The first-order valence-electron chi connectivity index (χ1n) is 4.30. The van der Waals surface area contributed by atoms with Gasteiger partial charge in [-0.15, -0.1) is 5.69 Å². The van der Waals surface area contributed by atoms with Gasteiger partial charge in [0.1, 0.15) is 0 Å². The first-order valence-corrected chi connectivity index (χ1v) is 4.30. The van der Waals surface area contributed by atoms with Crippen molar-refractivity contribution >= 4 is 0 Å². The first-order chi connectivity index (χ1) is 6.25. The summed E-state index contributed by atoms with van der Waals surface area (Å²) in [4.78, 5) is 0. The molecule has 0 spiro atoms. The van der Waals surface area contributed by atoms with Crippen molar-refractivity contribution in [3.05, 3.63) is 41.6 Å². The molecule has 1 aromatic heterocycles. The fraction of sp³-hybridized carbons (Fsp3) is 0.182. The van der Waals surface area contributed by atoms with E-state index in [0.717, 1.165) is 17.0 Å². The molecule has 2 aromatic rings. The normalized spacial score (nSPS) is 10.3. The van der Waals surface area contributed by atoms with E-state index in [0.29, 0.717) is 0 Å². The van der Waals surface area contributed by atoms with E-state index in [1.54, 1.807) is 0 Å².